The number of carbonyl (C=O) groups excluding carboxylic acids is 2. The molecule has 0 aromatic heterocycles. The Kier molecular flexibility index (Phi) is 4.30. The number of Topliss-reactive ketones (excluding diaryl/α,β-unsaturated/α-hetero) is 1. The van der Waals surface area contributed by atoms with Gasteiger partial charge in [-0.1, -0.05) is 6.92 Å². The van der Waals surface area contributed by atoms with Crippen molar-refractivity contribution in [3.8, 4) is 0 Å². The number of rotatable bonds is 3. The predicted molar refractivity (Wildman–Crippen MR) is 34.9 cm³/mol. The molecule has 0 aliphatic carbocycles. The molecule has 9 heavy (non-hydrogen) atoms. The zero-order valence-electron chi connectivity index (χ0n) is 5.02. The minimum Gasteiger partial charge on any atom is -0.378 e. The van der Waals surface area contributed by atoms with Gasteiger partial charge >= 0.3 is 5.97 Å². The van der Waals surface area contributed by atoms with Crippen molar-refractivity contribution in [2.24, 2.45) is 0 Å². The van der Waals surface area contributed by atoms with Gasteiger partial charge in [0.2, 0.25) is 5.78 Å². The maximum absolute atomic E-state index is 10.5. The summed E-state index contributed by atoms with van der Waals surface area (Å²) in [6.07, 6.45) is 0.922. The highest BCUT2D eigenvalue weighted by molar-refractivity contribution is 9.06. The van der Waals surface area contributed by atoms with Crippen molar-refractivity contribution >= 4 is 28.0 Å². The summed E-state index contributed by atoms with van der Waals surface area (Å²) in [5, 5.41) is 0. The maximum atomic E-state index is 10.5. The van der Waals surface area contributed by atoms with Gasteiger partial charge < -0.3 is 3.83 Å². The molecule has 0 spiro atoms. The molecule has 0 aliphatic heterocycles. The normalized spacial score (nSPS) is 8.67. The van der Waals surface area contributed by atoms with Crippen LogP contribution in [0.25, 0.3) is 0 Å². The first-order valence-electron chi connectivity index (χ1n) is 2.58. The topological polar surface area (TPSA) is 43.4 Å². The zero-order valence-corrected chi connectivity index (χ0v) is 6.60. The van der Waals surface area contributed by atoms with E-state index in [1.165, 1.54) is 0 Å². The molecule has 0 rings (SSSR count). The second-order valence-electron chi connectivity index (χ2n) is 1.54. The fraction of sp³-hybridized carbons (Fsp3) is 0.600. The van der Waals surface area contributed by atoms with Gasteiger partial charge in [0.05, 0.1) is 0 Å². The lowest BCUT2D eigenvalue weighted by Gasteiger charge is -1.90. The lowest BCUT2D eigenvalue weighted by Crippen LogP contribution is -2.12. The van der Waals surface area contributed by atoms with Crippen LogP contribution in [0, 0.1) is 0 Å². The van der Waals surface area contributed by atoms with Gasteiger partial charge in [0.25, 0.3) is 0 Å². The second-order valence-corrected chi connectivity index (χ2v) is 1.86. The van der Waals surface area contributed by atoms with E-state index >= 15 is 0 Å². The summed E-state index contributed by atoms with van der Waals surface area (Å²) in [5.41, 5.74) is 0. The van der Waals surface area contributed by atoms with Crippen LogP contribution in [0.5, 0.6) is 0 Å². The first-order valence-corrected chi connectivity index (χ1v) is 3.22. The third-order valence-electron chi connectivity index (χ3n) is 0.775. The summed E-state index contributed by atoms with van der Waals surface area (Å²) in [5.74, 6) is -1.31. The monoisotopic (exact) mass is 194 g/mol. The quantitative estimate of drug-likeness (QED) is 0.635. The van der Waals surface area contributed by atoms with Gasteiger partial charge in [-0.15, -0.1) is 0 Å². The number of halogens is 1. The molecule has 4 heteroatoms. The number of hydrogen-bond acceptors (Lipinski definition) is 3. The van der Waals surface area contributed by atoms with Crippen LogP contribution in [-0.2, 0) is 13.4 Å². The van der Waals surface area contributed by atoms with Crippen molar-refractivity contribution in [1.29, 1.82) is 0 Å². The summed E-state index contributed by atoms with van der Waals surface area (Å²) in [4.78, 5) is 20.8. The third kappa shape index (κ3) is 3.24. The standard InChI is InChI=1S/C5H7BrO3/c1-2-3-4(7)5(8)9-6/h2-3H2,1H3. The molecule has 0 radical (unpaired) electrons. The largest absolute Gasteiger partial charge is 0.386 e. The van der Waals surface area contributed by atoms with E-state index < -0.39 is 11.8 Å². The molecular weight excluding hydrogens is 188 g/mol. The van der Waals surface area contributed by atoms with Gasteiger partial charge in [0, 0.05) is 6.42 Å². The molecule has 0 fully saturated rings. The number of hydrogen-bond donors (Lipinski definition) is 0. The van der Waals surface area contributed by atoms with Gasteiger partial charge in [0.15, 0.2) is 16.3 Å². The Morgan fingerprint density at radius 2 is 2.11 bits per heavy atom. The van der Waals surface area contributed by atoms with Crippen molar-refractivity contribution in [3.63, 3.8) is 0 Å². The Morgan fingerprint density at radius 1 is 1.56 bits per heavy atom. The van der Waals surface area contributed by atoms with E-state index in [1.807, 2.05) is 6.92 Å². The summed E-state index contributed by atoms with van der Waals surface area (Å²) in [6.45, 7) is 1.82. The predicted octanol–water partition coefficient (Wildman–Crippen LogP) is 1.21. The zero-order chi connectivity index (χ0) is 7.28. The Hall–Kier alpha value is -0.380. The lowest BCUT2D eigenvalue weighted by atomic mass is 10.2. The fourth-order valence-corrected chi connectivity index (χ4v) is 0.553. The second kappa shape index (κ2) is 4.49. The average Bonchev–Trinajstić information content (AvgIpc) is 1.87. The molecule has 0 saturated carbocycles. The molecule has 0 amide bonds. The highest BCUT2D eigenvalue weighted by Gasteiger charge is 2.11. The summed E-state index contributed by atoms with van der Waals surface area (Å²) >= 11 is 2.41. The molecule has 0 saturated heterocycles. The highest BCUT2D eigenvalue weighted by Crippen LogP contribution is 1.94. The Balaban J connectivity index is 3.60. The Bertz CT molecular complexity index is 121. The Morgan fingerprint density at radius 3 is 2.44 bits per heavy atom. The van der Waals surface area contributed by atoms with Crippen LogP contribution in [0.15, 0.2) is 0 Å². The lowest BCUT2D eigenvalue weighted by molar-refractivity contribution is -0.145. The van der Waals surface area contributed by atoms with Crippen LogP contribution in [-0.4, -0.2) is 11.8 Å². The van der Waals surface area contributed by atoms with Crippen molar-refractivity contribution in [1.82, 2.24) is 0 Å². The van der Waals surface area contributed by atoms with E-state index in [0.29, 0.717) is 6.42 Å². The van der Waals surface area contributed by atoms with Gasteiger partial charge in [-0.05, 0) is 6.42 Å². The van der Waals surface area contributed by atoms with Crippen LogP contribution in [0.2, 0.25) is 0 Å². The van der Waals surface area contributed by atoms with Crippen molar-refractivity contribution < 1.29 is 13.4 Å². The summed E-state index contributed by atoms with van der Waals surface area (Å²) < 4.78 is 3.99. The molecule has 0 N–H and O–H groups in total. The van der Waals surface area contributed by atoms with E-state index in [0.717, 1.165) is 0 Å². The van der Waals surface area contributed by atoms with E-state index in [4.69, 9.17) is 0 Å². The number of ketones is 1. The summed E-state index contributed by atoms with van der Waals surface area (Å²) in [6, 6.07) is 0. The minimum absolute atomic E-state index is 0.254. The van der Waals surface area contributed by atoms with Gasteiger partial charge in [-0.25, -0.2) is 4.79 Å². The first-order chi connectivity index (χ1) is 4.22. The average molecular weight is 195 g/mol. The van der Waals surface area contributed by atoms with Gasteiger partial charge in [0.1, 0.15) is 0 Å². The molecule has 0 aromatic carbocycles. The van der Waals surface area contributed by atoms with E-state index in [-0.39, 0.29) is 6.42 Å². The van der Waals surface area contributed by atoms with Crippen LogP contribution < -0.4 is 0 Å². The van der Waals surface area contributed by atoms with E-state index in [9.17, 15) is 9.59 Å². The van der Waals surface area contributed by atoms with Crippen molar-refractivity contribution in [2.45, 2.75) is 19.8 Å². The molecule has 3 nitrogen and oxygen atoms in total. The fourth-order valence-electron chi connectivity index (χ4n) is 0.372. The summed E-state index contributed by atoms with van der Waals surface area (Å²) in [7, 11) is 0. The molecule has 0 atom stereocenters. The van der Waals surface area contributed by atoms with E-state index in [1.54, 1.807) is 0 Å². The highest BCUT2D eigenvalue weighted by atomic mass is 79.9. The van der Waals surface area contributed by atoms with Crippen molar-refractivity contribution in [3.05, 3.63) is 0 Å². The number of carbonyl (C=O) groups is 2. The smallest absolute Gasteiger partial charge is 0.378 e. The van der Waals surface area contributed by atoms with Crippen LogP contribution >= 0.6 is 16.3 Å². The molecule has 0 aromatic rings. The molecule has 0 bridgehead atoms. The maximum Gasteiger partial charge on any atom is 0.386 e. The molecule has 0 unspecified atom stereocenters. The van der Waals surface area contributed by atoms with Gasteiger partial charge in [-0.3, -0.25) is 4.79 Å². The molecule has 52 valence electrons. The van der Waals surface area contributed by atoms with Crippen molar-refractivity contribution in [2.75, 3.05) is 0 Å². The SMILES string of the molecule is CCCC(=O)C(=O)OBr. The Labute approximate surface area is 61.8 Å². The van der Waals surface area contributed by atoms with Crippen LogP contribution in [0.4, 0.5) is 0 Å². The van der Waals surface area contributed by atoms with Crippen LogP contribution in [0.3, 0.4) is 0 Å². The molecular formula is C5H7BrO3. The van der Waals surface area contributed by atoms with E-state index in [2.05, 4.69) is 20.1 Å². The molecule has 0 heterocycles. The first kappa shape index (κ1) is 8.62. The van der Waals surface area contributed by atoms with Gasteiger partial charge in [-0.2, -0.15) is 0 Å². The minimum atomic E-state index is -0.822. The third-order valence-corrected chi connectivity index (χ3v) is 1.07. The van der Waals surface area contributed by atoms with Crippen LogP contribution in [0.1, 0.15) is 19.8 Å². The molecule has 0 aliphatic rings.